The summed E-state index contributed by atoms with van der Waals surface area (Å²) in [7, 11) is 0. The normalized spacial score (nSPS) is 19.7. The zero-order valence-electron chi connectivity index (χ0n) is 14.1. The van der Waals surface area contributed by atoms with E-state index in [-0.39, 0.29) is 30.9 Å². The van der Waals surface area contributed by atoms with Crippen LogP contribution < -0.4 is 15.8 Å². The molecular formula is C20H23FN2O2. The number of amides is 1. The van der Waals surface area contributed by atoms with E-state index in [1.165, 1.54) is 11.6 Å². The molecule has 25 heavy (non-hydrogen) atoms. The minimum atomic E-state index is -0.331. The molecule has 3 rings (SSSR count). The Bertz CT molecular complexity index is 718. The fraction of sp³-hybridized carbons (Fsp3) is 0.350. The summed E-state index contributed by atoms with van der Waals surface area (Å²) in [5, 5.41) is 3.25. The number of rotatable bonds is 7. The lowest BCUT2D eigenvalue weighted by molar-refractivity contribution is -0.117. The van der Waals surface area contributed by atoms with Crippen LogP contribution in [0.25, 0.3) is 0 Å². The van der Waals surface area contributed by atoms with Gasteiger partial charge in [-0.25, -0.2) is 4.39 Å². The maximum atomic E-state index is 13.6. The van der Waals surface area contributed by atoms with Gasteiger partial charge in [-0.1, -0.05) is 36.8 Å². The molecule has 0 radical (unpaired) electrons. The first-order chi connectivity index (χ1) is 12.1. The summed E-state index contributed by atoms with van der Waals surface area (Å²) in [5.41, 5.74) is 6.98. The maximum Gasteiger partial charge on any atom is 0.231 e. The number of halogens is 1. The van der Waals surface area contributed by atoms with Gasteiger partial charge in [0, 0.05) is 11.6 Å². The van der Waals surface area contributed by atoms with E-state index in [4.69, 9.17) is 10.5 Å². The summed E-state index contributed by atoms with van der Waals surface area (Å²) in [6, 6.07) is 14.8. The van der Waals surface area contributed by atoms with Crippen LogP contribution in [-0.4, -0.2) is 18.5 Å². The highest BCUT2D eigenvalue weighted by atomic mass is 19.1. The minimum Gasteiger partial charge on any atom is -0.489 e. The van der Waals surface area contributed by atoms with Crippen LogP contribution in [0.3, 0.4) is 0 Å². The van der Waals surface area contributed by atoms with E-state index in [9.17, 15) is 9.18 Å². The standard InChI is InChI=1S/C20H23FN2O2/c21-18-6-2-1-4-15(18)13-25-16-10-8-14(9-11-16)17-5-3-7-19(17)23-12-20(22)24/h1-2,4,6,8-11,17,19,23H,3,5,7,12-13H2,(H2,22,24). The molecule has 5 heteroatoms. The van der Waals surface area contributed by atoms with Crippen molar-refractivity contribution in [3.63, 3.8) is 0 Å². The number of primary amides is 1. The van der Waals surface area contributed by atoms with Gasteiger partial charge in [0.2, 0.25) is 5.91 Å². The molecule has 0 heterocycles. The van der Waals surface area contributed by atoms with Crippen LogP contribution in [0, 0.1) is 5.82 Å². The van der Waals surface area contributed by atoms with Gasteiger partial charge in [-0.15, -0.1) is 0 Å². The first kappa shape index (κ1) is 17.4. The summed E-state index contributed by atoms with van der Waals surface area (Å²) in [6.07, 6.45) is 3.27. The van der Waals surface area contributed by atoms with Gasteiger partial charge in [-0.2, -0.15) is 0 Å². The van der Waals surface area contributed by atoms with Crippen molar-refractivity contribution in [1.82, 2.24) is 5.32 Å². The Morgan fingerprint density at radius 1 is 1.16 bits per heavy atom. The quantitative estimate of drug-likeness (QED) is 0.812. The van der Waals surface area contributed by atoms with Crippen molar-refractivity contribution in [2.75, 3.05) is 6.54 Å². The van der Waals surface area contributed by atoms with Gasteiger partial charge in [-0.05, 0) is 42.5 Å². The van der Waals surface area contributed by atoms with Crippen LogP contribution in [0.5, 0.6) is 5.75 Å². The molecule has 1 amide bonds. The number of carbonyl (C=O) groups is 1. The maximum absolute atomic E-state index is 13.6. The van der Waals surface area contributed by atoms with Crippen LogP contribution in [0.4, 0.5) is 4.39 Å². The molecule has 1 saturated carbocycles. The van der Waals surface area contributed by atoms with Gasteiger partial charge in [-0.3, -0.25) is 4.79 Å². The molecule has 2 aromatic rings. The largest absolute Gasteiger partial charge is 0.489 e. The molecule has 0 spiro atoms. The molecule has 2 aromatic carbocycles. The van der Waals surface area contributed by atoms with Crippen molar-refractivity contribution in [2.45, 2.75) is 37.8 Å². The Kier molecular flexibility index (Phi) is 5.66. The zero-order chi connectivity index (χ0) is 17.6. The topological polar surface area (TPSA) is 64.4 Å². The van der Waals surface area contributed by atoms with Crippen LogP contribution in [-0.2, 0) is 11.4 Å². The Morgan fingerprint density at radius 2 is 1.92 bits per heavy atom. The third kappa shape index (κ3) is 4.57. The minimum absolute atomic E-state index is 0.207. The second kappa shape index (κ2) is 8.12. The number of hydrogen-bond donors (Lipinski definition) is 2. The van der Waals surface area contributed by atoms with Crippen molar-refractivity contribution in [2.24, 2.45) is 5.73 Å². The third-order valence-corrected chi connectivity index (χ3v) is 4.71. The summed E-state index contributed by atoms with van der Waals surface area (Å²) in [6.45, 7) is 0.420. The number of benzene rings is 2. The molecule has 4 nitrogen and oxygen atoms in total. The highest BCUT2D eigenvalue weighted by Crippen LogP contribution is 2.35. The average molecular weight is 342 g/mol. The van der Waals surface area contributed by atoms with Crippen molar-refractivity contribution < 1.29 is 13.9 Å². The molecule has 1 aliphatic carbocycles. The Morgan fingerprint density at radius 3 is 2.64 bits per heavy atom. The van der Waals surface area contributed by atoms with Crippen LogP contribution in [0.15, 0.2) is 48.5 Å². The van der Waals surface area contributed by atoms with Crippen LogP contribution >= 0.6 is 0 Å². The smallest absolute Gasteiger partial charge is 0.231 e. The van der Waals surface area contributed by atoms with Crippen molar-refractivity contribution >= 4 is 5.91 Å². The van der Waals surface area contributed by atoms with E-state index < -0.39 is 0 Å². The first-order valence-electron chi connectivity index (χ1n) is 8.61. The summed E-state index contributed by atoms with van der Waals surface area (Å²) < 4.78 is 19.3. The van der Waals surface area contributed by atoms with E-state index in [1.54, 1.807) is 18.2 Å². The van der Waals surface area contributed by atoms with Crippen LogP contribution in [0.2, 0.25) is 0 Å². The van der Waals surface area contributed by atoms with E-state index in [0.717, 1.165) is 19.3 Å². The van der Waals surface area contributed by atoms with E-state index in [0.29, 0.717) is 17.2 Å². The van der Waals surface area contributed by atoms with Gasteiger partial charge in [0.05, 0.1) is 6.54 Å². The van der Waals surface area contributed by atoms with Crippen molar-refractivity contribution in [3.8, 4) is 5.75 Å². The highest BCUT2D eigenvalue weighted by molar-refractivity contribution is 5.75. The van der Waals surface area contributed by atoms with Gasteiger partial charge in [0.25, 0.3) is 0 Å². The molecule has 1 fully saturated rings. The lowest BCUT2D eigenvalue weighted by Gasteiger charge is -2.21. The number of carbonyl (C=O) groups excluding carboxylic acids is 1. The van der Waals surface area contributed by atoms with Gasteiger partial charge >= 0.3 is 0 Å². The Hall–Kier alpha value is -2.40. The predicted octanol–water partition coefficient (Wildman–Crippen LogP) is 3.12. The molecule has 2 atom stereocenters. The Balaban J connectivity index is 1.60. The van der Waals surface area contributed by atoms with Crippen molar-refractivity contribution in [3.05, 3.63) is 65.5 Å². The molecule has 1 aliphatic rings. The number of hydrogen-bond acceptors (Lipinski definition) is 3. The summed E-state index contributed by atoms with van der Waals surface area (Å²) in [5.74, 6) is 0.502. The molecule has 132 valence electrons. The fourth-order valence-electron chi connectivity index (χ4n) is 3.42. The first-order valence-corrected chi connectivity index (χ1v) is 8.61. The molecule has 0 saturated heterocycles. The molecule has 3 N–H and O–H groups in total. The number of ether oxygens (including phenoxy) is 1. The Labute approximate surface area is 147 Å². The molecule has 0 aliphatic heterocycles. The second-order valence-corrected chi connectivity index (χ2v) is 6.44. The second-order valence-electron chi connectivity index (χ2n) is 6.44. The van der Waals surface area contributed by atoms with E-state index in [1.807, 2.05) is 24.3 Å². The molecular weight excluding hydrogens is 319 g/mol. The fourth-order valence-corrected chi connectivity index (χ4v) is 3.42. The summed E-state index contributed by atoms with van der Waals surface area (Å²) in [4.78, 5) is 11.0. The van der Waals surface area contributed by atoms with Gasteiger partial charge in [0.15, 0.2) is 0 Å². The van der Waals surface area contributed by atoms with Gasteiger partial charge < -0.3 is 15.8 Å². The third-order valence-electron chi connectivity index (χ3n) is 4.71. The lowest BCUT2D eigenvalue weighted by Crippen LogP contribution is -2.37. The molecule has 2 unspecified atom stereocenters. The van der Waals surface area contributed by atoms with E-state index in [2.05, 4.69) is 5.32 Å². The lowest BCUT2D eigenvalue weighted by atomic mass is 9.94. The number of nitrogens with two attached hydrogens (primary N) is 1. The highest BCUT2D eigenvalue weighted by Gasteiger charge is 2.28. The monoisotopic (exact) mass is 342 g/mol. The van der Waals surface area contributed by atoms with Gasteiger partial charge in [0.1, 0.15) is 18.2 Å². The SMILES string of the molecule is NC(=O)CNC1CCCC1c1ccc(OCc2ccccc2F)cc1. The molecule has 0 bridgehead atoms. The zero-order valence-corrected chi connectivity index (χ0v) is 14.1. The van der Waals surface area contributed by atoms with Crippen molar-refractivity contribution in [1.29, 1.82) is 0 Å². The average Bonchev–Trinajstić information content (AvgIpc) is 3.08. The summed E-state index contributed by atoms with van der Waals surface area (Å²) >= 11 is 0. The predicted molar refractivity (Wildman–Crippen MR) is 94.8 cm³/mol. The molecule has 0 aromatic heterocycles. The van der Waals surface area contributed by atoms with E-state index >= 15 is 0 Å². The number of nitrogens with one attached hydrogen (secondary N) is 1. The van der Waals surface area contributed by atoms with Crippen LogP contribution in [0.1, 0.15) is 36.3 Å².